The number of hydrogen-bond donors (Lipinski definition) is 3. The van der Waals surface area contributed by atoms with Crippen LogP contribution in [-0.2, 0) is 19.1 Å². The number of fused-ring (bicyclic) bond motifs is 1. The van der Waals surface area contributed by atoms with Crippen LogP contribution >= 0.6 is 0 Å². The van der Waals surface area contributed by atoms with E-state index in [-0.39, 0.29) is 41.8 Å². The first-order valence-electron chi connectivity index (χ1n) is 13.9. The number of hydrogen-bond acceptors (Lipinski definition) is 5. The lowest BCUT2D eigenvalue weighted by molar-refractivity contribution is -0.141. The fraction of sp³-hybridized carbons (Fsp3) is 0.889. The lowest BCUT2D eigenvalue weighted by Crippen LogP contribution is -2.57. The van der Waals surface area contributed by atoms with Crippen LogP contribution in [0.1, 0.15) is 85.5 Å². The molecule has 1 saturated heterocycles. The van der Waals surface area contributed by atoms with Crippen LogP contribution in [0.2, 0.25) is 0 Å². The minimum Gasteiger partial charge on any atom is -0.377 e. The van der Waals surface area contributed by atoms with E-state index >= 15 is 0 Å². The highest BCUT2D eigenvalue weighted by atomic mass is 16.5. The average molecular weight is 493 g/mol. The molecule has 200 valence electrons. The summed E-state index contributed by atoms with van der Waals surface area (Å²) < 4.78 is 6.32. The Labute approximate surface area is 211 Å². The predicted molar refractivity (Wildman–Crippen MR) is 137 cm³/mol. The van der Waals surface area contributed by atoms with Crippen LogP contribution in [0.25, 0.3) is 0 Å². The summed E-state index contributed by atoms with van der Waals surface area (Å²) in [7, 11) is 1.69. The van der Waals surface area contributed by atoms with E-state index in [2.05, 4.69) is 16.0 Å². The Morgan fingerprint density at radius 1 is 0.914 bits per heavy atom. The maximum absolute atomic E-state index is 13.3. The van der Waals surface area contributed by atoms with Gasteiger partial charge >= 0.3 is 0 Å². The van der Waals surface area contributed by atoms with Crippen molar-refractivity contribution < 1.29 is 19.1 Å². The third kappa shape index (κ3) is 8.17. The van der Waals surface area contributed by atoms with Crippen LogP contribution in [0.4, 0.5) is 0 Å². The SMILES string of the molecule is CC(C)C[C@H]1NC(=O)[C@@H](C)N(C)C(=O)[C@H](C2CC2)NCCOC2CCCCC2CC[C@@H](C)NC1=O. The minimum atomic E-state index is -0.663. The number of carbonyl (C=O) groups is 3. The van der Waals surface area contributed by atoms with Gasteiger partial charge in [-0.05, 0) is 76.5 Å². The van der Waals surface area contributed by atoms with Gasteiger partial charge in [0.25, 0.3) is 0 Å². The summed E-state index contributed by atoms with van der Waals surface area (Å²) >= 11 is 0. The van der Waals surface area contributed by atoms with Crippen LogP contribution in [0.3, 0.4) is 0 Å². The monoisotopic (exact) mass is 492 g/mol. The van der Waals surface area contributed by atoms with Crippen molar-refractivity contribution in [3.63, 3.8) is 0 Å². The smallest absolute Gasteiger partial charge is 0.243 e. The molecular weight excluding hydrogens is 444 g/mol. The van der Waals surface area contributed by atoms with Gasteiger partial charge in [0.05, 0.1) is 18.8 Å². The maximum atomic E-state index is 13.3. The Morgan fingerprint density at radius 3 is 2.29 bits per heavy atom. The first-order chi connectivity index (χ1) is 16.7. The minimum absolute atomic E-state index is 0.0261. The zero-order chi connectivity index (χ0) is 25.5. The van der Waals surface area contributed by atoms with Crippen LogP contribution in [0.15, 0.2) is 0 Å². The molecule has 35 heavy (non-hydrogen) atoms. The molecule has 3 rings (SSSR count). The molecule has 2 unspecified atom stereocenters. The van der Waals surface area contributed by atoms with Gasteiger partial charge in [0.2, 0.25) is 17.7 Å². The number of rotatable bonds is 3. The van der Waals surface area contributed by atoms with E-state index in [9.17, 15) is 14.4 Å². The lowest BCUT2D eigenvalue weighted by Gasteiger charge is -2.33. The molecule has 2 saturated carbocycles. The summed E-state index contributed by atoms with van der Waals surface area (Å²) in [5.41, 5.74) is 0. The molecule has 0 aromatic carbocycles. The van der Waals surface area contributed by atoms with E-state index in [4.69, 9.17) is 4.74 Å². The summed E-state index contributed by atoms with van der Waals surface area (Å²) in [5, 5.41) is 9.51. The van der Waals surface area contributed by atoms with Gasteiger partial charge in [-0.25, -0.2) is 0 Å². The number of nitrogens with one attached hydrogen (secondary N) is 3. The largest absolute Gasteiger partial charge is 0.377 e. The van der Waals surface area contributed by atoms with Crippen molar-refractivity contribution >= 4 is 17.7 Å². The number of amides is 3. The van der Waals surface area contributed by atoms with Crippen molar-refractivity contribution in [3.05, 3.63) is 0 Å². The molecule has 0 radical (unpaired) electrons. The zero-order valence-electron chi connectivity index (χ0n) is 22.5. The van der Waals surface area contributed by atoms with E-state index in [1.807, 2.05) is 20.8 Å². The third-order valence-corrected chi connectivity index (χ3v) is 8.00. The lowest BCUT2D eigenvalue weighted by atomic mass is 9.82. The van der Waals surface area contributed by atoms with Gasteiger partial charge in [0.15, 0.2) is 0 Å². The molecular formula is C27H48N4O4. The second-order valence-electron chi connectivity index (χ2n) is 11.5. The Balaban J connectivity index is 1.76. The summed E-state index contributed by atoms with van der Waals surface area (Å²) in [6.07, 6.45) is 9.45. The molecule has 3 fully saturated rings. The molecule has 1 aliphatic heterocycles. The van der Waals surface area contributed by atoms with E-state index in [1.54, 1.807) is 14.0 Å². The third-order valence-electron chi connectivity index (χ3n) is 8.00. The van der Waals surface area contributed by atoms with Gasteiger partial charge in [-0.1, -0.05) is 26.7 Å². The normalized spacial score (nSPS) is 35.0. The van der Waals surface area contributed by atoms with Crippen molar-refractivity contribution in [2.75, 3.05) is 20.2 Å². The highest BCUT2D eigenvalue weighted by Gasteiger charge is 2.39. The number of carbonyl (C=O) groups excluding carboxylic acids is 3. The molecule has 2 aliphatic carbocycles. The second-order valence-corrected chi connectivity index (χ2v) is 11.5. The topological polar surface area (TPSA) is 99.8 Å². The molecule has 3 N–H and O–H groups in total. The van der Waals surface area contributed by atoms with Gasteiger partial charge in [-0.15, -0.1) is 0 Å². The Bertz CT molecular complexity index is 726. The summed E-state index contributed by atoms with van der Waals surface area (Å²) in [5.74, 6) is 0.562. The molecule has 3 amide bonds. The van der Waals surface area contributed by atoms with Gasteiger partial charge < -0.3 is 25.6 Å². The summed E-state index contributed by atoms with van der Waals surface area (Å²) in [6, 6.07) is -1.55. The standard InChI is InChI=1S/C27H48N4O4/c1-17(2)16-22-26(33)29-18(3)10-11-20-8-6-7-9-23(20)35-15-14-28-24(21-12-13-21)27(34)31(5)19(4)25(32)30-22/h17-24,28H,6-16H2,1-5H3,(H,29,33)(H,30,32)/t18-,19-,20?,22-,23?,24+/m1/s1. The Hall–Kier alpha value is -1.67. The fourth-order valence-electron chi connectivity index (χ4n) is 5.49. The zero-order valence-corrected chi connectivity index (χ0v) is 22.5. The predicted octanol–water partition coefficient (Wildman–Crippen LogP) is 2.61. The van der Waals surface area contributed by atoms with E-state index in [0.29, 0.717) is 31.4 Å². The van der Waals surface area contributed by atoms with Crippen LogP contribution in [-0.4, -0.2) is 73.1 Å². The fourth-order valence-corrected chi connectivity index (χ4v) is 5.49. The van der Waals surface area contributed by atoms with Crippen molar-refractivity contribution in [2.45, 2.75) is 116 Å². The van der Waals surface area contributed by atoms with Gasteiger partial charge in [-0.2, -0.15) is 0 Å². The first kappa shape index (κ1) is 27.9. The molecule has 8 heteroatoms. The maximum Gasteiger partial charge on any atom is 0.243 e. The van der Waals surface area contributed by atoms with Crippen molar-refractivity contribution in [3.8, 4) is 0 Å². The van der Waals surface area contributed by atoms with E-state index < -0.39 is 12.1 Å². The number of likely N-dealkylation sites (N-methyl/N-ethyl adjacent to an activating group) is 1. The molecule has 0 aromatic heterocycles. The van der Waals surface area contributed by atoms with Crippen molar-refractivity contribution in [1.29, 1.82) is 0 Å². The van der Waals surface area contributed by atoms with Crippen LogP contribution in [0.5, 0.6) is 0 Å². The van der Waals surface area contributed by atoms with Crippen molar-refractivity contribution in [1.82, 2.24) is 20.9 Å². The van der Waals surface area contributed by atoms with Gasteiger partial charge in [0, 0.05) is 19.6 Å². The molecule has 0 spiro atoms. The highest BCUT2D eigenvalue weighted by Crippen LogP contribution is 2.34. The molecule has 6 atom stereocenters. The Kier molecular flexibility index (Phi) is 10.4. The van der Waals surface area contributed by atoms with Crippen LogP contribution < -0.4 is 16.0 Å². The molecule has 1 heterocycles. The summed E-state index contributed by atoms with van der Waals surface area (Å²) in [4.78, 5) is 41.1. The Morgan fingerprint density at radius 2 is 1.60 bits per heavy atom. The van der Waals surface area contributed by atoms with E-state index in [1.165, 1.54) is 17.7 Å². The second kappa shape index (κ2) is 13.0. The highest BCUT2D eigenvalue weighted by molar-refractivity contribution is 5.93. The number of nitrogens with zero attached hydrogens (tertiary/aromatic N) is 1. The molecule has 0 aromatic rings. The average Bonchev–Trinajstić information content (AvgIpc) is 3.66. The molecule has 3 aliphatic rings. The first-order valence-corrected chi connectivity index (χ1v) is 13.9. The van der Waals surface area contributed by atoms with Crippen LogP contribution in [0, 0.1) is 17.8 Å². The van der Waals surface area contributed by atoms with Gasteiger partial charge in [0.1, 0.15) is 12.1 Å². The summed E-state index contributed by atoms with van der Waals surface area (Å²) in [6.45, 7) is 9.08. The van der Waals surface area contributed by atoms with Crippen molar-refractivity contribution in [2.24, 2.45) is 17.8 Å². The van der Waals surface area contributed by atoms with Gasteiger partial charge in [-0.3, -0.25) is 14.4 Å². The molecule has 0 bridgehead atoms. The number of ether oxygens (including phenoxy) is 1. The molecule has 8 nitrogen and oxygen atoms in total. The quantitative estimate of drug-likeness (QED) is 0.562. The van der Waals surface area contributed by atoms with E-state index in [0.717, 1.165) is 38.5 Å².